The van der Waals surface area contributed by atoms with Crippen LogP contribution in [0.2, 0.25) is 0 Å². The van der Waals surface area contributed by atoms with Crippen LogP contribution < -0.4 is 20.7 Å². The molecule has 1 aliphatic rings. The van der Waals surface area contributed by atoms with Gasteiger partial charge in [0.25, 0.3) is 0 Å². The molecule has 1 aromatic heterocycles. The Bertz CT molecular complexity index is 735. The molecule has 1 aromatic carbocycles. The van der Waals surface area contributed by atoms with Gasteiger partial charge in [0.2, 0.25) is 5.91 Å². The zero-order chi connectivity index (χ0) is 15.7. The number of imidazole rings is 1. The molecule has 0 atom stereocenters. The van der Waals surface area contributed by atoms with E-state index in [0.717, 1.165) is 22.9 Å². The van der Waals surface area contributed by atoms with Gasteiger partial charge in [-0.2, -0.15) is 0 Å². The minimum absolute atomic E-state index is 0.0998. The topological polar surface area (TPSA) is 88.6 Å². The van der Waals surface area contributed by atoms with E-state index in [1.807, 2.05) is 37.2 Å². The number of hydrogen-bond acceptors (Lipinski definition) is 6. The predicted octanol–water partition coefficient (Wildman–Crippen LogP) is 1.94. The number of rotatable bonds is 3. The molecule has 3 N–H and O–H groups in total. The van der Waals surface area contributed by atoms with E-state index in [0.29, 0.717) is 5.82 Å². The van der Waals surface area contributed by atoms with E-state index in [9.17, 15) is 4.79 Å². The fraction of sp³-hybridized carbons (Fsp3) is 0.214. The monoisotopic (exact) mass is 299 g/mol. The molecule has 0 saturated heterocycles. The van der Waals surface area contributed by atoms with Crippen molar-refractivity contribution >= 4 is 40.9 Å². The van der Waals surface area contributed by atoms with Crippen molar-refractivity contribution in [2.24, 2.45) is 4.99 Å². The number of H-pyrrole nitrogens is 1. The first-order valence-electron chi connectivity index (χ1n) is 6.77. The number of aliphatic imine (C=N–C) groups is 1. The molecule has 2 aromatic rings. The Labute approximate surface area is 127 Å². The molecule has 8 heteroatoms. The Morgan fingerprint density at radius 3 is 2.91 bits per heavy atom. The molecule has 0 bridgehead atoms. The molecule has 22 heavy (non-hydrogen) atoms. The van der Waals surface area contributed by atoms with Crippen molar-refractivity contribution < 1.29 is 4.79 Å². The van der Waals surface area contributed by atoms with Crippen LogP contribution >= 0.6 is 0 Å². The second kappa shape index (κ2) is 5.40. The third-order valence-corrected chi connectivity index (χ3v) is 3.18. The molecule has 0 aliphatic carbocycles. The number of hydrogen-bond donors (Lipinski definition) is 3. The number of carbonyl (C=O) groups is 1. The van der Waals surface area contributed by atoms with Crippen LogP contribution in [0.5, 0.6) is 0 Å². The number of aromatic amines is 1. The first-order valence-corrected chi connectivity index (χ1v) is 6.77. The van der Waals surface area contributed by atoms with Crippen molar-refractivity contribution in [2.75, 3.05) is 34.7 Å². The van der Waals surface area contributed by atoms with Crippen LogP contribution in [-0.2, 0) is 4.79 Å². The first kappa shape index (κ1) is 13.9. The van der Waals surface area contributed by atoms with E-state index in [4.69, 9.17) is 0 Å². The Morgan fingerprint density at radius 1 is 1.36 bits per heavy atom. The van der Waals surface area contributed by atoms with E-state index in [2.05, 4.69) is 25.7 Å². The van der Waals surface area contributed by atoms with Gasteiger partial charge in [-0.15, -0.1) is 0 Å². The molecule has 114 valence electrons. The van der Waals surface area contributed by atoms with E-state index in [1.165, 1.54) is 6.92 Å². The highest BCUT2D eigenvalue weighted by atomic mass is 16.1. The summed E-state index contributed by atoms with van der Waals surface area (Å²) < 4.78 is 0. The fourth-order valence-electron chi connectivity index (χ4n) is 2.22. The summed E-state index contributed by atoms with van der Waals surface area (Å²) >= 11 is 0. The van der Waals surface area contributed by atoms with Crippen molar-refractivity contribution in [3.63, 3.8) is 0 Å². The summed E-state index contributed by atoms with van der Waals surface area (Å²) in [5.41, 5.74) is 5.79. The predicted molar refractivity (Wildman–Crippen MR) is 87.9 cm³/mol. The lowest BCUT2D eigenvalue weighted by molar-refractivity contribution is -0.114. The summed E-state index contributed by atoms with van der Waals surface area (Å²) in [5.74, 6) is 1.26. The maximum absolute atomic E-state index is 11.2. The van der Waals surface area contributed by atoms with Gasteiger partial charge in [0.15, 0.2) is 11.6 Å². The van der Waals surface area contributed by atoms with Crippen LogP contribution in [0.1, 0.15) is 6.92 Å². The van der Waals surface area contributed by atoms with Gasteiger partial charge >= 0.3 is 0 Å². The number of aromatic nitrogens is 2. The first-order chi connectivity index (χ1) is 10.5. The Hall–Kier alpha value is -3.03. The minimum atomic E-state index is -0.0998. The van der Waals surface area contributed by atoms with Gasteiger partial charge in [0.05, 0.1) is 17.7 Å². The second-order valence-corrected chi connectivity index (χ2v) is 5.11. The van der Waals surface area contributed by atoms with Gasteiger partial charge in [-0.3, -0.25) is 10.2 Å². The highest BCUT2D eigenvalue weighted by molar-refractivity contribution is 5.95. The molecule has 1 aliphatic heterocycles. The lowest BCUT2D eigenvalue weighted by Gasteiger charge is -2.28. The number of hydrazine groups is 1. The van der Waals surface area contributed by atoms with Gasteiger partial charge in [-0.05, 0) is 18.2 Å². The standard InChI is InChI=1S/C14H17N7O/c1-9(22)18-10-4-5-11(12(6-10)20(2)3)21-8-17-13-14(19-21)16-7-15-13/h4-8,19H,1-3H3,(H,15,16)(H,18,22). The van der Waals surface area contributed by atoms with Crippen LogP contribution in [0, 0.1) is 0 Å². The summed E-state index contributed by atoms with van der Waals surface area (Å²) in [6, 6.07) is 5.68. The van der Waals surface area contributed by atoms with E-state index >= 15 is 0 Å². The van der Waals surface area contributed by atoms with Crippen LogP contribution in [0.3, 0.4) is 0 Å². The highest BCUT2D eigenvalue weighted by Crippen LogP contribution is 2.33. The molecule has 2 heterocycles. The van der Waals surface area contributed by atoms with Gasteiger partial charge < -0.3 is 15.2 Å². The number of nitrogens with zero attached hydrogens (tertiary/aromatic N) is 4. The third kappa shape index (κ3) is 2.58. The van der Waals surface area contributed by atoms with Crippen LogP contribution in [0.15, 0.2) is 29.5 Å². The van der Waals surface area contributed by atoms with E-state index in [1.54, 1.807) is 17.7 Å². The molecule has 1 amide bonds. The summed E-state index contributed by atoms with van der Waals surface area (Å²) in [6.07, 6.45) is 3.26. The number of nitrogens with one attached hydrogen (secondary N) is 3. The molecular formula is C14H17N7O. The maximum atomic E-state index is 11.2. The summed E-state index contributed by atoms with van der Waals surface area (Å²) in [5, 5.41) is 4.59. The van der Waals surface area contributed by atoms with Gasteiger partial charge in [-0.25, -0.2) is 15.0 Å². The Kier molecular flexibility index (Phi) is 3.42. The Balaban J connectivity index is 1.95. The lowest BCUT2D eigenvalue weighted by Crippen LogP contribution is -2.32. The zero-order valence-electron chi connectivity index (χ0n) is 12.6. The minimum Gasteiger partial charge on any atom is -0.376 e. The molecule has 0 unspecified atom stereocenters. The van der Waals surface area contributed by atoms with Crippen molar-refractivity contribution in [2.45, 2.75) is 6.92 Å². The number of fused-ring (bicyclic) bond motifs is 1. The molecule has 0 fully saturated rings. The molecule has 0 saturated carbocycles. The van der Waals surface area contributed by atoms with Gasteiger partial charge in [0, 0.05) is 26.7 Å². The molecule has 3 rings (SSSR count). The molecular weight excluding hydrogens is 282 g/mol. The quantitative estimate of drug-likeness (QED) is 0.806. The van der Waals surface area contributed by atoms with Crippen LogP contribution in [-0.4, -0.2) is 36.3 Å². The summed E-state index contributed by atoms with van der Waals surface area (Å²) in [4.78, 5) is 24.6. The van der Waals surface area contributed by atoms with E-state index < -0.39 is 0 Å². The summed E-state index contributed by atoms with van der Waals surface area (Å²) in [7, 11) is 3.89. The Morgan fingerprint density at radius 2 is 2.18 bits per heavy atom. The third-order valence-electron chi connectivity index (χ3n) is 3.18. The molecule has 0 spiro atoms. The van der Waals surface area contributed by atoms with Crippen molar-refractivity contribution in [1.29, 1.82) is 0 Å². The average molecular weight is 299 g/mol. The maximum Gasteiger partial charge on any atom is 0.221 e. The fourth-order valence-corrected chi connectivity index (χ4v) is 2.22. The number of amides is 1. The second-order valence-electron chi connectivity index (χ2n) is 5.11. The van der Waals surface area contributed by atoms with Gasteiger partial charge in [0.1, 0.15) is 6.34 Å². The molecule has 8 nitrogen and oxygen atoms in total. The van der Waals surface area contributed by atoms with Crippen molar-refractivity contribution in [3.05, 3.63) is 24.5 Å². The normalized spacial score (nSPS) is 12.6. The lowest BCUT2D eigenvalue weighted by atomic mass is 10.2. The van der Waals surface area contributed by atoms with Crippen molar-refractivity contribution in [1.82, 2.24) is 9.97 Å². The largest absolute Gasteiger partial charge is 0.376 e. The highest BCUT2D eigenvalue weighted by Gasteiger charge is 2.18. The van der Waals surface area contributed by atoms with Gasteiger partial charge in [-0.1, -0.05) is 0 Å². The average Bonchev–Trinajstić information content (AvgIpc) is 2.93. The van der Waals surface area contributed by atoms with Crippen molar-refractivity contribution in [3.8, 4) is 0 Å². The smallest absolute Gasteiger partial charge is 0.221 e. The van der Waals surface area contributed by atoms with E-state index in [-0.39, 0.29) is 5.91 Å². The SMILES string of the molecule is CC(=O)Nc1ccc(N2C=Nc3nc[nH]c3N2)c(N(C)C)c1. The number of anilines is 4. The number of benzene rings is 1. The van der Waals surface area contributed by atoms with Crippen LogP contribution in [0.25, 0.3) is 0 Å². The number of carbonyl (C=O) groups excluding carboxylic acids is 1. The molecule has 0 radical (unpaired) electrons. The summed E-state index contributed by atoms with van der Waals surface area (Å²) in [6.45, 7) is 1.49. The zero-order valence-corrected chi connectivity index (χ0v) is 12.6. The van der Waals surface area contributed by atoms with Crippen LogP contribution in [0.4, 0.5) is 28.7 Å².